The molecule has 0 heterocycles. The first kappa shape index (κ1) is 19.0. The van der Waals surface area contributed by atoms with Gasteiger partial charge in [0.15, 0.2) is 0 Å². The van der Waals surface area contributed by atoms with Crippen molar-refractivity contribution >= 4 is 11.8 Å². The maximum atomic E-state index is 12.2. The third kappa shape index (κ3) is 5.58. The minimum absolute atomic E-state index is 0.00680. The van der Waals surface area contributed by atoms with E-state index in [0.717, 1.165) is 24.2 Å². The van der Waals surface area contributed by atoms with Gasteiger partial charge >= 0.3 is 0 Å². The molecule has 0 bridgehead atoms. The van der Waals surface area contributed by atoms with Crippen LogP contribution < -0.4 is 15.4 Å². The molecule has 1 aliphatic carbocycles. The second kappa shape index (κ2) is 9.21. The molecule has 5 nitrogen and oxygen atoms in total. The lowest BCUT2D eigenvalue weighted by Crippen LogP contribution is -2.30. The van der Waals surface area contributed by atoms with Crippen LogP contribution in [0.3, 0.4) is 0 Å². The smallest absolute Gasteiger partial charge is 0.224 e. The Hall–Kier alpha value is -2.82. The normalized spacial score (nSPS) is 17.8. The van der Waals surface area contributed by atoms with Crippen molar-refractivity contribution in [3.63, 3.8) is 0 Å². The Bertz CT molecular complexity index is 759. The predicted octanol–water partition coefficient (Wildman–Crippen LogP) is 2.70. The Morgan fingerprint density at radius 1 is 0.926 bits per heavy atom. The molecule has 0 saturated heterocycles. The number of amides is 2. The summed E-state index contributed by atoms with van der Waals surface area (Å²) in [6, 6.07) is 17.8. The Labute approximate surface area is 160 Å². The van der Waals surface area contributed by atoms with Crippen LogP contribution in [0.2, 0.25) is 0 Å². The summed E-state index contributed by atoms with van der Waals surface area (Å²) in [5.74, 6) is 0.356. The number of carbonyl (C=O) groups excluding carboxylic acids is 2. The lowest BCUT2D eigenvalue weighted by atomic mass is 10.1. The van der Waals surface area contributed by atoms with Crippen LogP contribution in [0.4, 0.5) is 0 Å². The van der Waals surface area contributed by atoms with Crippen LogP contribution in [0.25, 0.3) is 0 Å². The molecular weight excluding hydrogens is 340 g/mol. The first-order valence-corrected chi connectivity index (χ1v) is 9.39. The number of ether oxygens (including phenoxy) is 1. The first-order valence-electron chi connectivity index (χ1n) is 9.39. The van der Waals surface area contributed by atoms with Gasteiger partial charge in [0, 0.05) is 13.1 Å². The van der Waals surface area contributed by atoms with E-state index in [2.05, 4.69) is 22.8 Å². The Kier molecular flexibility index (Phi) is 6.47. The number of benzene rings is 2. The van der Waals surface area contributed by atoms with Gasteiger partial charge in [-0.2, -0.15) is 0 Å². The molecule has 0 aromatic heterocycles. The maximum absolute atomic E-state index is 12.2. The topological polar surface area (TPSA) is 67.4 Å². The molecule has 27 heavy (non-hydrogen) atoms. The molecule has 3 rings (SSSR count). The average Bonchev–Trinajstić information content (AvgIpc) is 3.51. The molecule has 2 aromatic rings. The third-order valence-corrected chi connectivity index (χ3v) is 4.87. The van der Waals surface area contributed by atoms with Crippen LogP contribution in [-0.2, 0) is 22.6 Å². The molecule has 2 atom stereocenters. The van der Waals surface area contributed by atoms with Crippen molar-refractivity contribution in [3.8, 4) is 5.75 Å². The number of nitrogens with one attached hydrogen (secondary N) is 2. The van der Waals surface area contributed by atoms with Crippen LogP contribution in [-0.4, -0.2) is 25.5 Å². The summed E-state index contributed by atoms with van der Waals surface area (Å²) in [4.78, 5) is 24.4. The molecular formula is C22H26N2O3. The highest BCUT2D eigenvalue weighted by atomic mass is 16.5. The molecule has 1 saturated carbocycles. The molecule has 2 N–H and O–H groups in total. The number of hydrogen-bond donors (Lipinski definition) is 2. The van der Waals surface area contributed by atoms with Gasteiger partial charge in [0.25, 0.3) is 0 Å². The van der Waals surface area contributed by atoms with E-state index in [0.29, 0.717) is 19.5 Å². The fraction of sp³-hybridized carbons (Fsp3) is 0.364. The Balaban J connectivity index is 1.33. The van der Waals surface area contributed by atoms with Crippen molar-refractivity contribution in [2.24, 2.45) is 11.8 Å². The van der Waals surface area contributed by atoms with Gasteiger partial charge in [-0.15, -0.1) is 0 Å². The average molecular weight is 366 g/mol. The lowest BCUT2D eigenvalue weighted by Gasteiger charge is -2.07. The van der Waals surface area contributed by atoms with E-state index in [-0.39, 0.29) is 23.7 Å². The monoisotopic (exact) mass is 366 g/mol. The summed E-state index contributed by atoms with van der Waals surface area (Å²) >= 11 is 0. The molecule has 1 aliphatic rings. The number of hydrogen-bond acceptors (Lipinski definition) is 3. The van der Waals surface area contributed by atoms with Crippen molar-refractivity contribution in [1.82, 2.24) is 10.6 Å². The van der Waals surface area contributed by atoms with Gasteiger partial charge in [0.2, 0.25) is 11.8 Å². The number of rotatable bonds is 9. The molecule has 2 aromatic carbocycles. The highest BCUT2D eigenvalue weighted by molar-refractivity contribution is 5.92. The van der Waals surface area contributed by atoms with Gasteiger partial charge in [-0.1, -0.05) is 42.5 Å². The maximum Gasteiger partial charge on any atom is 0.224 e. The van der Waals surface area contributed by atoms with Crippen LogP contribution in [0, 0.1) is 11.8 Å². The summed E-state index contributed by atoms with van der Waals surface area (Å²) in [7, 11) is 1.62. The summed E-state index contributed by atoms with van der Waals surface area (Å²) in [5.41, 5.74) is 2.28. The quantitative estimate of drug-likeness (QED) is 0.671. The van der Waals surface area contributed by atoms with Crippen molar-refractivity contribution in [3.05, 3.63) is 65.7 Å². The molecule has 142 valence electrons. The van der Waals surface area contributed by atoms with E-state index >= 15 is 0 Å². The van der Waals surface area contributed by atoms with Gasteiger partial charge in [0.05, 0.1) is 18.9 Å². The summed E-state index contributed by atoms with van der Waals surface area (Å²) in [5, 5.41) is 5.87. The number of aryl methyl sites for hydroxylation is 1. The zero-order chi connectivity index (χ0) is 19.1. The second-order valence-electron chi connectivity index (χ2n) is 6.89. The molecule has 2 amide bonds. The molecule has 2 unspecified atom stereocenters. The van der Waals surface area contributed by atoms with Gasteiger partial charge in [0.1, 0.15) is 5.75 Å². The van der Waals surface area contributed by atoms with Crippen molar-refractivity contribution in [2.45, 2.75) is 25.8 Å². The Morgan fingerprint density at radius 3 is 2.26 bits per heavy atom. The van der Waals surface area contributed by atoms with Crippen LogP contribution in [0.5, 0.6) is 5.75 Å². The molecule has 1 fully saturated rings. The Morgan fingerprint density at radius 2 is 1.59 bits per heavy atom. The van der Waals surface area contributed by atoms with E-state index < -0.39 is 0 Å². The van der Waals surface area contributed by atoms with Gasteiger partial charge in [-0.05, 0) is 42.5 Å². The van der Waals surface area contributed by atoms with Crippen LogP contribution in [0.15, 0.2) is 54.6 Å². The van der Waals surface area contributed by atoms with E-state index in [1.807, 2.05) is 42.5 Å². The van der Waals surface area contributed by atoms with Crippen LogP contribution >= 0.6 is 0 Å². The number of carbonyl (C=O) groups is 2. The predicted molar refractivity (Wildman–Crippen MR) is 104 cm³/mol. The SMILES string of the molecule is COc1ccc(CNC(=O)C2CC2C(=O)NCCCc2ccccc2)cc1. The van der Waals surface area contributed by atoms with Crippen molar-refractivity contribution < 1.29 is 14.3 Å². The standard InChI is InChI=1S/C22H26N2O3/c1-27-18-11-9-17(10-12-18)15-24-22(26)20-14-19(20)21(25)23-13-5-8-16-6-3-2-4-7-16/h2-4,6-7,9-12,19-20H,5,8,13-15H2,1H3,(H,23,25)(H,24,26). The van der Waals surface area contributed by atoms with E-state index in [1.54, 1.807) is 7.11 Å². The first-order chi connectivity index (χ1) is 13.2. The van der Waals surface area contributed by atoms with Crippen molar-refractivity contribution in [2.75, 3.05) is 13.7 Å². The summed E-state index contributed by atoms with van der Waals surface area (Å²) in [6.45, 7) is 1.11. The summed E-state index contributed by atoms with van der Waals surface area (Å²) < 4.78 is 5.12. The fourth-order valence-electron chi connectivity index (χ4n) is 3.12. The zero-order valence-corrected chi connectivity index (χ0v) is 15.6. The van der Waals surface area contributed by atoms with Gasteiger partial charge in [-0.25, -0.2) is 0 Å². The summed E-state index contributed by atoms with van der Waals surface area (Å²) in [6.07, 6.45) is 2.48. The van der Waals surface area contributed by atoms with E-state index in [4.69, 9.17) is 4.74 Å². The van der Waals surface area contributed by atoms with E-state index in [9.17, 15) is 9.59 Å². The second-order valence-corrected chi connectivity index (χ2v) is 6.89. The largest absolute Gasteiger partial charge is 0.497 e. The van der Waals surface area contributed by atoms with Crippen molar-refractivity contribution in [1.29, 1.82) is 0 Å². The van der Waals surface area contributed by atoms with Crippen LogP contribution in [0.1, 0.15) is 24.0 Å². The number of methoxy groups -OCH3 is 1. The van der Waals surface area contributed by atoms with Gasteiger partial charge in [-0.3, -0.25) is 9.59 Å². The third-order valence-electron chi connectivity index (χ3n) is 4.87. The minimum Gasteiger partial charge on any atom is -0.497 e. The lowest BCUT2D eigenvalue weighted by molar-refractivity contribution is -0.127. The highest BCUT2D eigenvalue weighted by Crippen LogP contribution is 2.38. The van der Waals surface area contributed by atoms with Gasteiger partial charge < -0.3 is 15.4 Å². The molecule has 0 aliphatic heterocycles. The molecule has 0 radical (unpaired) electrons. The fourth-order valence-corrected chi connectivity index (χ4v) is 3.12. The van der Waals surface area contributed by atoms with E-state index in [1.165, 1.54) is 5.56 Å². The minimum atomic E-state index is -0.197. The molecule has 0 spiro atoms. The molecule has 5 heteroatoms. The zero-order valence-electron chi connectivity index (χ0n) is 15.6. The highest BCUT2D eigenvalue weighted by Gasteiger charge is 2.47.